The molecule has 3 fully saturated rings. The monoisotopic (exact) mass is 419 g/mol. The summed E-state index contributed by atoms with van der Waals surface area (Å²) in [6.45, 7) is 3.08. The van der Waals surface area contributed by atoms with Crippen LogP contribution in [-0.2, 0) is 14.3 Å². The largest absolute Gasteiger partial charge is 0.388 e. The first-order valence-corrected chi connectivity index (χ1v) is 11.3. The number of hydrogen-bond donors (Lipinski definition) is 6. The van der Waals surface area contributed by atoms with Crippen molar-refractivity contribution in [3.8, 4) is 0 Å². The van der Waals surface area contributed by atoms with Crippen LogP contribution in [-0.4, -0.2) is 94.7 Å². The number of thioether (sulfide) groups is 1. The fourth-order valence-corrected chi connectivity index (χ4v) is 5.06. The summed E-state index contributed by atoms with van der Waals surface area (Å²) < 4.78 is 11.7. The molecule has 3 heterocycles. The van der Waals surface area contributed by atoms with E-state index in [2.05, 4.69) is 10.6 Å². The average molecular weight is 420 g/mol. The lowest BCUT2D eigenvalue weighted by atomic mass is 9.91. The van der Waals surface area contributed by atoms with Gasteiger partial charge < -0.3 is 41.2 Å². The molecular weight excluding hydrogens is 386 g/mol. The topological polar surface area (TPSA) is 146 Å². The van der Waals surface area contributed by atoms with Crippen LogP contribution < -0.4 is 16.4 Å². The molecule has 0 spiro atoms. The number of ether oxygens (including phenoxy) is 2. The normalized spacial score (nSPS) is 43.6. The van der Waals surface area contributed by atoms with Crippen molar-refractivity contribution in [2.24, 2.45) is 11.7 Å². The molecule has 9 nitrogen and oxygen atoms in total. The van der Waals surface area contributed by atoms with E-state index in [4.69, 9.17) is 15.2 Å². The van der Waals surface area contributed by atoms with Crippen LogP contribution in [0, 0.1) is 5.92 Å². The molecule has 10 atom stereocenters. The molecule has 0 radical (unpaired) electrons. The van der Waals surface area contributed by atoms with Gasteiger partial charge in [-0.3, -0.25) is 4.79 Å². The van der Waals surface area contributed by atoms with E-state index in [1.807, 2.05) is 0 Å². The molecule has 0 saturated carbocycles. The Labute approximate surface area is 169 Å². The minimum absolute atomic E-state index is 0.181. The summed E-state index contributed by atoms with van der Waals surface area (Å²) >= 11 is 1.22. The quantitative estimate of drug-likeness (QED) is 0.302. The van der Waals surface area contributed by atoms with Crippen molar-refractivity contribution >= 4 is 17.7 Å². The molecule has 0 bridgehead atoms. The van der Waals surface area contributed by atoms with Gasteiger partial charge in [0.2, 0.25) is 5.91 Å². The molecule has 0 aromatic carbocycles. The van der Waals surface area contributed by atoms with Gasteiger partial charge in [-0.2, -0.15) is 0 Å². The number of carbonyl (C=O) groups is 1. The number of rotatable bonds is 5. The Morgan fingerprint density at radius 3 is 2.68 bits per heavy atom. The zero-order valence-corrected chi connectivity index (χ0v) is 17.2. The third-order valence-electron chi connectivity index (χ3n) is 6.02. The van der Waals surface area contributed by atoms with Crippen molar-refractivity contribution in [1.29, 1.82) is 0 Å². The summed E-state index contributed by atoms with van der Waals surface area (Å²) in [5, 5.41) is 36.9. The lowest BCUT2D eigenvalue weighted by Crippen LogP contribution is -2.67. The number of nitrogens with one attached hydrogen (secondary N) is 2. The third-order valence-corrected chi connectivity index (χ3v) is 6.88. The maximum atomic E-state index is 13.0. The fourth-order valence-electron chi connectivity index (χ4n) is 4.38. The third kappa shape index (κ3) is 4.49. The highest BCUT2D eigenvalue weighted by molar-refractivity contribution is 7.99. The molecule has 3 aliphatic heterocycles. The maximum absolute atomic E-state index is 13.0. The van der Waals surface area contributed by atoms with Gasteiger partial charge in [-0.15, -0.1) is 11.8 Å². The first-order valence-electron chi connectivity index (χ1n) is 9.98. The van der Waals surface area contributed by atoms with Gasteiger partial charge in [-0.05, 0) is 31.9 Å². The highest BCUT2D eigenvalue weighted by Gasteiger charge is 2.49. The Kier molecular flexibility index (Phi) is 7.60. The second-order valence-corrected chi connectivity index (χ2v) is 8.98. The number of aliphatic hydroxyl groups is 3. The molecule has 28 heavy (non-hydrogen) atoms. The van der Waals surface area contributed by atoms with Gasteiger partial charge in [-0.1, -0.05) is 6.42 Å². The summed E-state index contributed by atoms with van der Waals surface area (Å²) in [5.74, 6) is 0.0511. The van der Waals surface area contributed by atoms with Gasteiger partial charge in [0, 0.05) is 19.2 Å². The molecule has 162 valence electrons. The van der Waals surface area contributed by atoms with Crippen molar-refractivity contribution in [2.45, 2.75) is 80.3 Å². The molecule has 10 heteroatoms. The van der Waals surface area contributed by atoms with E-state index in [-0.39, 0.29) is 12.0 Å². The van der Waals surface area contributed by atoms with E-state index >= 15 is 0 Å². The molecule has 1 amide bonds. The first kappa shape index (κ1) is 22.2. The average Bonchev–Trinajstić information content (AvgIpc) is 2.93. The van der Waals surface area contributed by atoms with Gasteiger partial charge in [-0.25, -0.2) is 0 Å². The van der Waals surface area contributed by atoms with Crippen molar-refractivity contribution in [2.75, 3.05) is 19.4 Å². The highest BCUT2D eigenvalue weighted by atomic mass is 32.2. The van der Waals surface area contributed by atoms with Gasteiger partial charge in [0.25, 0.3) is 0 Å². The van der Waals surface area contributed by atoms with E-state index in [1.54, 1.807) is 13.2 Å². The van der Waals surface area contributed by atoms with Crippen LogP contribution in [0.4, 0.5) is 0 Å². The van der Waals surface area contributed by atoms with Gasteiger partial charge in [0.1, 0.15) is 35.9 Å². The Bertz CT molecular complexity index is 539. The molecule has 6 unspecified atom stereocenters. The smallest absolute Gasteiger partial charge is 0.240 e. The number of aliphatic hydroxyl groups excluding tert-OH is 3. The SMILES string of the molecule is CSC1OC([C@H](NC(=O)C2NC[C@@H]3CCCCO[C@@H]23)[C@H](C)N)C(O)C(O)C1O. The maximum Gasteiger partial charge on any atom is 0.240 e. The lowest BCUT2D eigenvalue weighted by Gasteiger charge is -2.44. The van der Waals surface area contributed by atoms with E-state index in [1.165, 1.54) is 11.8 Å². The van der Waals surface area contributed by atoms with Crippen LogP contribution in [0.2, 0.25) is 0 Å². The number of carbonyl (C=O) groups excluding carboxylic acids is 1. The van der Waals surface area contributed by atoms with Gasteiger partial charge >= 0.3 is 0 Å². The summed E-state index contributed by atoms with van der Waals surface area (Å²) in [4.78, 5) is 13.0. The predicted octanol–water partition coefficient (Wildman–Crippen LogP) is -1.85. The molecule has 3 saturated heterocycles. The van der Waals surface area contributed by atoms with Crippen LogP contribution >= 0.6 is 11.8 Å². The van der Waals surface area contributed by atoms with E-state index in [0.29, 0.717) is 12.5 Å². The predicted molar refractivity (Wildman–Crippen MR) is 105 cm³/mol. The number of amides is 1. The van der Waals surface area contributed by atoms with Crippen molar-refractivity contribution in [3.05, 3.63) is 0 Å². The van der Waals surface area contributed by atoms with Crippen LogP contribution in [0.3, 0.4) is 0 Å². The van der Waals surface area contributed by atoms with E-state index in [9.17, 15) is 20.1 Å². The van der Waals surface area contributed by atoms with Crippen molar-refractivity contribution < 1.29 is 29.6 Å². The highest BCUT2D eigenvalue weighted by Crippen LogP contribution is 2.30. The van der Waals surface area contributed by atoms with Crippen LogP contribution in [0.15, 0.2) is 0 Å². The van der Waals surface area contributed by atoms with Crippen LogP contribution in [0.25, 0.3) is 0 Å². The molecule has 0 aromatic rings. The molecule has 3 aliphatic rings. The van der Waals surface area contributed by atoms with Crippen LogP contribution in [0.5, 0.6) is 0 Å². The van der Waals surface area contributed by atoms with Gasteiger partial charge in [0.05, 0.1) is 12.1 Å². The molecule has 0 aliphatic carbocycles. The van der Waals surface area contributed by atoms with E-state index in [0.717, 1.165) is 25.8 Å². The fraction of sp³-hybridized carbons (Fsp3) is 0.944. The molecule has 0 aromatic heterocycles. The van der Waals surface area contributed by atoms with Crippen LogP contribution in [0.1, 0.15) is 26.2 Å². The number of nitrogens with two attached hydrogens (primary N) is 1. The van der Waals surface area contributed by atoms with Crippen molar-refractivity contribution in [1.82, 2.24) is 10.6 Å². The minimum atomic E-state index is -1.38. The zero-order chi connectivity index (χ0) is 20.4. The summed E-state index contributed by atoms with van der Waals surface area (Å²) in [6, 6.07) is -1.76. The Morgan fingerprint density at radius 2 is 2.00 bits per heavy atom. The Balaban J connectivity index is 1.71. The Hall–Kier alpha value is -0.460. The molecule has 3 rings (SSSR count). The standard InChI is InChI=1S/C18H33N3O6S/c1-8(19)10(16-13(23)12(22)14(24)18(27-16)28-2)21-17(25)11-15-9(7-20-11)5-3-4-6-26-15/h8-16,18,20,22-24H,3-7,19H2,1-2H3,(H,21,25)/t8-,9-,10+,11?,12?,13?,14?,15+,16?,18?/m0/s1. The van der Waals surface area contributed by atoms with E-state index < -0.39 is 48.0 Å². The first-order chi connectivity index (χ1) is 13.3. The summed E-state index contributed by atoms with van der Waals surface area (Å²) in [6.07, 6.45) is -0.223. The minimum Gasteiger partial charge on any atom is -0.388 e. The number of fused-ring (bicyclic) bond motifs is 1. The zero-order valence-electron chi connectivity index (χ0n) is 16.4. The number of hydrogen-bond acceptors (Lipinski definition) is 9. The second-order valence-electron chi connectivity index (χ2n) is 8.05. The molecular formula is C18H33N3O6S. The van der Waals surface area contributed by atoms with Crippen molar-refractivity contribution in [3.63, 3.8) is 0 Å². The van der Waals surface area contributed by atoms with Gasteiger partial charge in [0.15, 0.2) is 0 Å². The summed E-state index contributed by atoms with van der Waals surface area (Å²) in [7, 11) is 0. The lowest BCUT2D eigenvalue weighted by molar-refractivity contribution is -0.206. The molecule has 7 N–H and O–H groups in total. The summed E-state index contributed by atoms with van der Waals surface area (Å²) in [5.41, 5.74) is 5.37. The second kappa shape index (κ2) is 9.57. The Morgan fingerprint density at radius 1 is 1.25 bits per heavy atom.